The molecule has 0 amide bonds. The number of nitrogens with zero attached hydrogens (tertiary/aromatic N) is 2. The molecule has 0 spiro atoms. The zero-order valence-corrected chi connectivity index (χ0v) is 8.60. The first-order chi connectivity index (χ1) is 7.42. The fourth-order valence-electron chi connectivity index (χ4n) is 1.50. The van der Waals surface area contributed by atoms with Crippen LogP contribution in [0.4, 0.5) is 0 Å². The highest BCUT2D eigenvalue weighted by atomic mass is 16.5. The van der Waals surface area contributed by atoms with Crippen LogP contribution in [-0.4, -0.2) is 23.7 Å². The maximum atomic E-state index is 5.06. The molecule has 4 nitrogen and oxygen atoms in total. The molecule has 0 aliphatic carbocycles. The molecule has 0 bridgehead atoms. The van der Waals surface area contributed by atoms with Crippen molar-refractivity contribution >= 4 is 0 Å². The van der Waals surface area contributed by atoms with Crippen LogP contribution in [0.1, 0.15) is 5.56 Å². The number of likely N-dealkylation sites (N-methyl/N-ethyl adjacent to an activating group) is 1. The first-order valence-corrected chi connectivity index (χ1v) is 4.91. The summed E-state index contributed by atoms with van der Waals surface area (Å²) in [5.74, 6) is 0.585. The molecule has 0 atom stereocenters. The third kappa shape index (κ3) is 2.22. The molecule has 0 saturated carbocycles. The first-order valence-electron chi connectivity index (χ1n) is 4.91. The van der Waals surface area contributed by atoms with E-state index < -0.39 is 0 Å². The minimum Gasteiger partial charge on any atom is -0.334 e. The van der Waals surface area contributed by atoms with E-state index in [1.54, 1.807) is 0 Å². The summed E-state index contributed by atoms with van der Waals surface area (Å²) in [5, 5.41) is 6.74. The van der Waals surface area contributed by atoms with Crippen molar-refractivity contribution in [2.24, 2.45) is 0 Å². The van der Waals surface area contributed by atoms with Crippen molar-refractivity contribution in [2.75, 3.05) is 13.6 Å². The summed E-state index contributed by atoms with van der Waals surface area (Å²) in [6.07, 6.45) is 2.37. The van der Waals surface area contributed by atoms with Gasteiger partial charge in [-0.1, -0.05) is 23.4 Å². The highest BCUT2D eigenvalue weighted by molar-refractivity contribution is 5.58. The molecular weight excluding hydrogens is 190 g/mol. The smallest absolute Gasteiger partial charge is 0.257 e. The van der Waals surface area contributed by atoms with Gasteiger partial charge in [0.25, 0.3) is 5.89 Å². The van der Waals surface area contributed by atoms with E-state index >= 15 is 0 Å². The second kappa shape index (κ2) is 4.70. The molecule has 15 heavy (non-hydrogen) atoms. The van der Waals surface area contributed by atoms with Crippen molar-refractivity contribution in [3.05, 3.63) is 36.2 Å². The lowest BCUT2D eigenvalue weighted by Gasteiger charge is -2.04. The van der Waals surface area contributed by atoms with Gasteiger partial charge in [0.1, 0.15) is 0 Å². The van der Waals surface area contributed by atoms with Crippen molar-refractivity contribution in [3.8, 4) is 11.5 Å². The standard InChI is InChI=1S/C11H13N3O/c1-12-7-6-9-4-2-3-5-10(9)11-13-8-14-15-11/h2-5,8,12H,6-7H2,1H3. The molecular formula is C11H13N3O. The van der Waals surface area contributed by atoms with Gasteiger partial charge in [-0.05, 0) is 31.6 Å². The number of rotatable bonds is 4. The Morgan fingerprint density at radius 2 is 2.20 bits per heavy atom. The molecule has 0 aliphatic rings. The van der Waals surface area contributed by atoms with Crippen molar-refractivity contribution in [1.82, 2.24) is 15.5 Å². The molecule has 0 saturated heterocycles. The zero-order valence-electron chi connectivity index (χ0n) is 8.60. The van der Waals surface area contributed by atoms with Crippen molar-refractivity contribution < 1.29 is 4.52 Å². The Balaban J connectivity index is 2.30. The lowest BCUT2D eigenvalue weighted by Crippen LogP contribution is -2.10. The van der Waals surface area contributed by atoms with E-state index in [4.69, 9.17) is 4.52 Å². The molecule has 1 N–H and O–H groups in total. The quantitative estimate of drug-likeness (QED) is 0.818. The van der Waals surface area contributed by atoms with E-state index in [0.29, 0.717) is 5.89 Å². The molecule has 0 fully saturated rings. The van der Waals surface area contributed by atoms with E-state index in [1.165, 1.54) is 11.9 Å². The molecule has 1 aromatic heterocycles. The molecule has 78 valence electrons. The highest BCUT2D eigenvalue weighted by Crippen LogP contribution is 2.20. The second-order valence-corrected chi connectivity index (χ2v) is 3.26. The fourth-order valence-corrected chi connectivity index (χ4v) is 1.50. The van der Waals surface area contributed by atoms with Gasteiger partial charge in [0.2, 0.25) is 0 Å². The summed E-state index contributed by atoms with van der Waals surface area (Å²) in [5.41, 5.74) is 2.24. The Kier molecular flexibility index (Phi) is 3.09. The van der Waals surface area contributed by atoms with E-state index in [1.807, 2.05) is 25.2 Å². The SMILES string of the molecule is CNCCc1ccccc1-c1ncno1. The summed E-state index contributed by atoms with van der Waals surface area (Å²) >= 11 is 0. The predicted octanol–water partition coefficient (Wildman–Crippen LogP) is 1.50. The van der Waals surface area contributed by atoms with E-state index in [2.05, 4.69) is 21.5 Å². The number of hydrogen-bond donors (Lipinski definition) is 1. The van der Waals surface area contributed by atoms with Crippen molar-refractivity contribution in [2.45, 2.75) is 6.42 Å². The molecule has 0 radical (unpaired) electrons. The van der Waals surface area contributed by atoms with Crippen LogP contribution < -0.4 is 5.32 Å². The zero-order chi connectivity index (χ0) is 10.5. The summed E-state index contributed by atoms with van der Waals surface area (Å²) in [6.45, 7) is 0.936. The maximum absolute atomic E-state index is 5.06. The van der Waals surface area contributed by atoms with Crippen LogP contribution in [0.25, 0.3) is 11.5 Å². The van der Waals surface area contributed by atoms with Gasteiger partial charge in [0.15, 0.2) is 6.33 Å². The summed E-state index contributed by atoms with van der Waals surface area (Å²) in [6, 6.07) is 8.07. The average Bonchev–Trinajstić information content (AvgIpc) is 2.80. The topological polar surface area (TPSA) is 51.0 Å². The molecule has 1 aromatic carbocycles. The number of benzene rings is 1. The Bertz CT molecular complexity index is 412. The van der Waals surface area contributed by atoms with Crippen LogP contribution >= 0.6 is 0 Å². The number of nitrogens with one attached hydrogen (secondary N) is 1. The van der Waals surface area contributed by atoms with Gasteiger partial charge in [0.05, 0.1) is 0 Å². The molecule has 0 unspecified atom stereocenters. The van der Waals surface area contributed by atoms with Gasteiger partial charge < -0.3 is 9.84 Å². The van der Waals surface area contributed by atoms with Crippen LogP contribution in [0.5, 0.6) is 0 Å². The lowest BCUT2D eigenvalue weighted by atomic mass is 10.0. The molecule has 2 aromatic rings. The average molecular weight is 203 g/mol. The van der Waals surface area contributed by atoms with Crippen LogP contribution in [0, 0.1) is 0 Å². The number of aromatic nitrogens is 2. The molecule has 0 aliphatic heterocycles. The van der Waals surface area contributed by atoms with E-state index in [9.17, 15) is 0 Å². The van der Waals surface area contributed by atoms with Gasteiger partial charge in [-0.25, -0.2) is 0 Å². The van der Waals surface area contributed by atoms with Gasteiger partial charge in [-0.2, -0.15) is 4.98 Å². The fraction of sp³-hybridized carbons (Fsp3) is 0.273. The normalized spacial score (nSPS) is 10.5. The monoisotopic (exact) mass is 203 g/mol. The summed E-state index contributed by atoms with van der Waals surface area (Å²) in [7, 11) is 1.94. The Hall–Kier alpha value is -1.68. The van der Waals surface area contributed by atoms with Crippen LogP contribution in [0.15, 0.2) is 35.1 Å². The van der Waals surface area contributed by atoms with Crippen LogP contribution in [-0.2, 0) is 6.42 Å². The van der Waals surface area contributed by atoms with Crippen molar-refractivity contribution in [1.29, 1.82) is 0 Å². The number of hydrogen-bond acceptors (Lipinski definition) is 4. The highest BCUT2D eigenvalue weighted by Gasteiger charge is 2.08. The molecule has 2 rings (SSSR count). The van der Waals surface area contributed by atoms with Gasteiger partial charge in [-0.15, -0.1) is 0 Å². The Labute approximate surface area is 88.3 Å². The minimum absolute atomic E-state index is 0.585. The first kappa shape index (κ1) is 9.86. The van der Waals surface area contributed by atoms with Gasteiger partial charge in [-0.3, -0.25) is 0 Å². The largest absolute Gasteiger partial charge is 0.334 e. The second-order valence-electron chi connectivity index (χ2n) is 3.26. The van der Waals surface area contributed by atoms with Crippen molar-refractivity contribution in [3.63, 3.8) is 0 Å². The molecule has 4 heteroatoms. The summed E-state index contributed by atoms with van der Waals surface area (Å²) in [4.78, 5) is 4.06. The van der Waals surface area contributed by atoms with Crippen LogP contribution in [0.2, 0.25) is 0 Å². The third-order valence-electron chi connectivity index (χ3n) is 2.25. The Morgan fingerprint density at radius 3 is 2.93 bits per heavy atom. The third-order valence-corrected chi connectivity index (χ3v) is 2.25. The van der Waals surface area contributed by atoms with Gasteiger partial charge in [0, 0.05) is 5.56 Å². The van der Waals surface area contributed by atoms with E-state index in [0.717, 1.165) is 18.5 Å². The minimum atomic E-state index is 0.585. The Morgan fingerprint density at radius 1 is 1.33 bits per heavy atom. The lowest BCUT2D eigenvalue weighted by molar-refractivity contribution is 0.429. The molecule has 1 heterocycles. The van der Waals surface area contributed by atoms with Gasteiger partial charge >= 0.3 is 0 Å². The predicted molar refractivity (Wildman–Crippen MR) is 57.4 cm³/mol. The van der Waals surface area contributed by atoms with Crippen LogP contribution in [0.3, 0.4) is 0 Å². The maximum Gasteiger partial charge on any atom is 0.257 e. The van der Waals surface area contributed by atoms with E-state index in [-0.39, 0.29) is 0 Å². The summed E-state index contributed by atoms with van der Waals surface area (Å²) < 4.78 is 5.06.